The molecule has 238 valence electrons. The standard InChI is InChI=1S/C34H36N6O6/c1-3-44-28-14-23(32(41)42)13-26-31(28)37-29(40(26)18-25-7-11-45-25)19-39-10-8-34(15-24(34)17-39)33-36-9-6-30(38-33)46-20-22-5-4-21(16-35)12-27(22)43-2/h4-6,9,12-14,24-25H,3,7-8,10-11,15,17-20H2,1-2H3,(H,41,42). The number of likely N-dealkylation sites (tertiary alicyclic amines) is 1. The lowest BCUT2D eigenvalue weighted by atomic mass is 9.94. The molecule has 3 atom stereocenters. The summed E-state index contributed by atoms with van der Waals surface area (Å²) in [5.74, 6) is 2.72. The summed E-state index contributed by atoms with van der Waals surface area (Å²) < 4.78 is 25.2. The second-order valence-corrected chi connectivity index (χ2v) is 12.2. The van der Waals surface area contributed by atoms with Gasteiger partial charge in [-0.3, -0.25) is 4.90 Å². The molecular weight excluding hydrogens is 588 g/mol. The molecule has 4 aromatic rings. The minimum atomic E-state index is -0.996. The van der Waals surface area contributed by atoms with Gasteiger partial charge in [0.1, 0.15) is 35.3 Å². The van der Waals surface area contributed by atoms with Crippen molar-refractivity contribution in [3.63, 3.8) is 0 Å². The largest absolute Gasteiger partial charge is 0.496 e. The third-order valence-electron chi connectivity index (χ3n) is 9.44. The summed E-state index contributed by atoms with van der Waals surface area (Å²) in [5, 5.41) is 19.0. The lowest BCUT2D eigenvalue weighted by Gasteiger charge is -2.31. The molecule has 46 heavy (non-hydrogen) atoms. The normalized spacial score (nSPS) is 22.0. The van der Waals surface area contributed by atoms with E-state index in [9.17, 15) is 15.2 Å². The Labute approximate surface area is 266 Å². The summed E-state index contributed by atoms with van der Waals surface area (Å²) in [6, 6.07) is 12.4. The first-order chi connectivity index (χ1) is 22.4. The molecule has 0 radical (unpaired) electrons. The number of hydrogen-bond donors (Lipinski definition) is 1. The van der Waals surface area contributed by atoms with E-state index >= 15 is 0 Å². The van der Waals surface area contributed by atoms with Crippen molar-refractivity contribution in [2.24, 2.45) is 5.92 Å². The van der Waals surface area contributed by atoms with Gasteiger partial charge < -0.3 is 28.6 Å². The van der Waals surface area contributed by atoms with Crippen LogP contribution in [0.5, 0.6) is 17.4 Å². The second kappa shape index (κ2) is 12.2. The summed E-state index contributed by atoms with van der Waals surface area (Å²) in [6.45, 7) is 6.31. The van der Waals surface area contributed by atoms with Crippen molar-refractivity contribution >= 4 is 17.0 Å². The van der Waals surface area contributed by atoms with Crippen LogP contribution in [-0.2, 0) is 29.8 Å². The van der Waals surface area contributed by atoms with Crippen molar-refractivity contribution in [2.45, 2.75) is 57.4 Å². The molecule has 2 aromatic heterocycles. The van der Waals surface area contributed by atoms with Crippen LogP contribution in [0.15, 0.2) is 42.6 Å². The number of imidazole rings is 1. The number of hydrogen-bond acceptors (Lipinski definition) is 10. The van der Waals surface area contributed by atoms with E-state index in [0.29, 0.717) is 54.1 Å². The maximum Gasteiger partial charge on any atom is 0.335 e. The molecule has 7 rings (SSSR count). The van der Waals surface area contributed by atoms with Crippen molar-refractivity contribution < 1.29 is 28.8 Å². The molecule has 0 spiro atoms. The Morgan fingerprint density at radius 1 is 1.20 bits per heavy atom. The van der Waals surface area contributed by atoms with Crippen LogP contribution in [0, 0.1) is 17.2 Å². The number of methoxy groups -OCH3 is 1. The van der Waals surface area contributed by atoms with Gasteiger partial charge >= 0.3 is 5.97 Å². The van der Waals surface area contributed by atoms with Crippen LogP contribution in [0.2, 0.25) is 0 Å². The van der Waals surface area contributed by atoms with Gasteiger partial charge in [-0.15, -0.1) is 0 Å². The fourth-order valence-electron chi connectivity index (χ4n) is 6.75. The zero-order valence-electron chi connectivity index (χ0n) is 25.9. The first kappa shape index (κ1) is 30.0. The molecule has 2 aliphatic heterocycles. The van der Waals surface area contributed by atoms with Gasteiger partial charge in [0.2, 0.25) is 5.88 Å². The number of benzene rings is 2. The summed E-state index contributed by atoms with van der Waals surface area (Å²) in [4.78, 5) is 28.9. The predicted octanol–water partition coefficient (Wildman–Crippen LogP) is 4.33. The van der Waals surface area contributed by atoms with E-state index < -0.39 is 5.97 Å². The average molecular weight is 625 g/mol. The van der Waals surface area contributed by atoms with E-state index in [-0.39, 0.29) is 23.7 Å². The van der Waals surface area contributed by atoms with Gasteiger partial charge in [-0.2, -0.15) is 10.2 Å². The topological polar surface area (TPSA) is 145 Å². The van der Waals surface area contributed by atoms with E-state index in [1.165, 1.54) is 0 Å². The quantitative estimate of drug-likeness (QED) is 0.240. The van der Waals surface area contributed by atoms with Crippen molar-refractivity contribution in [3.8, 4) is 23.4 Å². The zero-order chi connectivity index (χ0) is 31.8. The van der Waals surface area contributed by atoms with Crippen molar-refractivity contribution in [3.05, 3.63) is 70.9 Å². The third kappa shape index (κ3) is 5.61. The lowest BCUT2D eigenvalue weighted by molar-refractivity contribution is -0.0592. The molecule has 12 heteroatoms. The van der Waals surface area contributed by atoms with Gasteiger partial charge in [-0.1, -0.05) is 6.07 Å². The molecule has 1 N–H and O–H groups in total. The smallest absolute Gasteiger partial charge is 0.335 e. The minimum Gasteiger partial charge on any atom is -0.496 e. The van der Waals surface area contributed by atoms with E-state index in [0.717, 1.165) is 61.7 Å². The van der Waals surface area contributed by atoms with E-state index in [4.69, 9.17) is 28.9 Å². The van der Waals surface area contributed by atoms with Crippen LogP contribution in [0.3, 0.4) is 0 Å². The number of nitrogens with zero attached hydrogens (tertiary/aromatic N) is 6. The van der Waals surface area contributed by atoms with E-state index in [2.05, 4.69) is 20.5 Å². The first-order valence-corrected chi connectivity index (χ1v) is 15.7. The Kier molecular flexibility index (Phi) is 7.96. The molecular formula is C34H36N6O6. The van der Waals surface area contributed by atoms with Gasteiger partial charge in [-0.25, -0.2) is 14.8 Å². The molecule has 0 bridgehead atoms. The molecule has 2 saturated heterocycles. The molecule has 3 unspecified atom stereocenters. The molecule has 3 fully saturated rings. The summed E-state index contributed by atoms with van der Waals surface area (Å²) in [7, 11) is 1.58. The van der Waals surface area contributed by atoms with Crippen LogP contribution in [0.25, 0.3) is 11.0 Å². The maximum atomic E-state index is 11.9. The van der Waals surface area contributed by atoms with Crippen LogP contribution in [0.4, 0.5) is 0 Å². The lowest BCUT2D eigenvalue weighted by Crippen LogP contribution is -2.38. The number of fused-ring (bicyclic) bond motifs is 2. The van der Waals surface area contributed by atoms with E-state index in [1.54, 1.807) is 43.6 Å². The maximum absolute atomic E-state index is 11.9. The number of rotatable bonds is 12. The number of ether oxygens (including phenoxy) is 4. The highest BCUT2D eigenvalue weighted by molar-refractivity contribution is 5.95. The van der Waals surface area contributed by atoms with Crippen LogP contribution in [-0.4, -0.2) is 75.0 Å². The summed E-state index contributed by atoms with van der Waals surface area (Å²) in [6.07, 6.45) is 4.75. The number of carboxylic acids is 1. The van der Waals surface area contributed by atoms with Gasteiger partial charge in [-0.05, 0) is 62.9 Å². The molecule has 1 saturated carbocycles. The van der Waals surface area contributed by atoms with Crippen LogP contribution in [0.1, 0.15) is 59.3 Å². The highest BCUT2D eigenvalue weighted by Gasteiger charge is 2.59. The number of aromatic carboxylic acids is 1. The highest BCUT2D eigenvalue weighted by atomic mass is 16.5. The summed E-state index contributed by atoms with van der Waals surface area (Å²) >= 11 is 0. The van der Waals surface area contributed by atoms with Gasteiger partial charge in [0.05, 0.1) is 55.6 Å². The molecule has 3 aliphatic rings. The number of aromatic nitrogens is 4. The fourth-order valence-corrected chi connectivity index (χ4v) is 6.75. The van der Waals surface area contributed by atoms with Gasteiger partial charge in [0.25, 0.3) is 0 Å². The fraction of sp³-hybridized carbons (Fsp3) is 0.441. The summed E-state index contributed by atoms with van der Waals surface area (Å²) in [5.41, 5.74) is 2.92. The molecule has 12 nitrogen and oxygen atoms in total. The predicted molar refractivity (Wildman–Crippen MR) is 166 cm³/mol. The van der Waals surface area contributed by atoms with Crippen molar-refractivity contribution in [1.82, 2.24) is 24.4 Å². The Morgan fingerprint density at radius 3 is 2.78 bits per heavy atom. The van der Waals surface area contributed by atoms with Crippen LogP contribution >= 0.6 is 0 Å². The SMILES string of the molecule is CCOc1cc(C(=O)O)cc2c1nc(CN1CCC3(c4nccc(OCc5ccc(C#N)cc5OC)n4)CC3C1)n2CC1CCO1. The molecule has 1 aliphatic carbocycles. The number of carboxylic acid groups (broad SMARTS) is 1. The Morgan fingerprint density at radius 2 is 2.07 bits per heavy atom. The Hall–Kier alpha value is -4.73. The van der Waals surface area contributed by atoms with Gasteiger partial charge in [0.15, 0.2) is 0 Å². The highest BCUT2D eigenvalue weighted by Crippen LogP contribution is 2.58. The number of carbonyl (C=O) groups is 1. The number of nitriles is 1. The van der Waals surface area contributed by atoms with Crippen molar-refractivity contribution in [1.29, 1.82) is 5.26 Å². The molecule has 4 heterocycles. The molecule has 2 aromatic carbocycles. The third-order valence-corrected chi connectivity index (χ3v) is 9.44. The Bertz CT molecular complexity index is 1830. The molecule has 0 amide bonds. The number of piperidine rings is 1. The van der Waals surface area contributed by atoms with E-state index in [1.807, 2.05) is 13.0 Å². The Balaban J connectivity index is 1.07. The van der Waals surface area contributed by atoms with Crippen molar-refractivity contribution in [2.75, 3.05) is 33.4 Å². The monoisotopic (exact) mass is 624 g/mol. The minimum absolute atomic E-state index is 0.0690. The second-order valence-electron chi connectivity index (χ2n) is 12.2. The zero-order valence-corrected chi connectivity index (χ0v) is 25.9. The van der Waals surface area contributed by atoms with Crippen LogP contribution < -0.4 is 14.2 Å². The average Bonchev–Trinajstić information content (AvgIpc) is 3.69. The van der Waals surface area contributed by atoms with Gasteiger partial charge in [0, 0.05) is 36.4 Å². The first-order valence-electron chi connectivity index (χ1n) is 15.7.